The first kappa shape index (κ1) is 12.9. The van der Waals surface area contributed by atoms with E-state index in [1.807, 2.05) is 4.90 Å². The first-order valence-corrected chi connectivity index (χ1v) is 7.37. The summed E-state index contributed by atoms with van der Waals surface area (Å²) in [5.74, 6) is 0.584. The van der Waals surface area contributed by atoms with E-state index in [2.05, 4.69) is 10.6 Å². The lowest BCUT2D eigenvalue weighted by molar-refractivity contribution is -0.132. The molecule has 5 nitrogen and oxygen atoms in total. The van der Waals surface area contributed by atoms with Crippen LogP contribution in [0.5, 0.6) is 0 Å². The van der Waals surface area contributed by atoms with E-state index in [9.17, 15) is 9.59 Å². The lowest BCUT2D eigenvalue weighted by Crippen LogP contribution is -2.39. The number of carbonyl (C=O) groups excluding carboxylic acids is 2. The Morgan fingerprint density at radius 2 is 2.05 bits per heavy atom. The highest BCUT2D eigenvalue weighted by Crippen LogP contribution is 2.59. The van der Waals surface area contributed by atoms with E-state index >= 15 is 0 Å². The van der Waals surface area contributed by atoms with Gasteiger partial charge < -0.3 is 15.5 Å². The number of amides is 2. The molecule has 2 heterocycles. The fraction of sp³-hybridized carbons (Fsp3) is 0.857. The van der Waals surface area contributed by atoms with Gasteiger partial charge in [-0.25, -0.2) is 0 Å². The summed E-state index contributed by atoms with van der Waals surface area (Å²) in [6.45, 7) is 5.14. The molecular weight excluding hydrogens is 242 g/mol. The average molecular weight is 265 g/mol. The first-order valence-electron chi connectivity index (χ1n) is 7.37. The highest BCUT2D eigenvalue weighted by molar-refractivity contribution is 5.83. The van der Waals surface area contributed by atoms with Crippen molar-refractivity contribution in [1.29, 1.82) is 0 Å². The molecule has 1 spiro atoms. The quantitative estimate of drug-likeness (QED) is 0.745. The Morgan fingerprint density at radius 1 is 1.32 bits per heavy atom. The summed E-state index contributed by atoms with van der Waals surface area (Å²) in [5.41, 5.74) is 0.314. The molecule has 3 fully saturated rings. The van der Waals surface area contributed by atoms with E-state index < -0.39 is 0 Å². The van der Waals surface area contributed by atoms with Crippen LogP contribution in [0.3, 0.4) is 0 Å². The minimum atomic E-state index is 0.000506. The van der Waals surface area contributed by atoms with Crippen molar-refractivity contribution in [3.63, 3.8) is 0 Å². The second kappa shape index (κ2) is 4.78. The minimum Gasteiger partial charge on any atom is -0.352 e. The molecule has 0 aromatic heterocycles. The number of hydrogen-bond donors (Lipinski definition) is 2. The van der Waals surface area contributed by atoms with E-state index in [0.717, 1.165) is 45.3 Å². The van der Waals surface area contributed by atoms with Crippen LogP contribution in [0.15, 0.2) is 0 Å². The van der Waals surface area contributed by atoms with Crippen LogP contribution in [0, 0.1) is 11.3 Å². The van der Waals surface area contributed by atoms with Crippen LogP contribution in [0.25, 0.3) is 0 Å². The number of rotatable bonds is 2. The smallest absolute Gasteiger partial charge is 0.226 e. The predicted molar refractivity (Wildman–Crippen MR) is 71.4 cm³/mol. The maximum atomic E-state index is 12.5. The molecule has 2 atom stereocenters. The standard InChI is InChI=1S/C14H23N3O2/c1-10(18)16-11-2-7-17(9-11)13(19)12-8-14(12)3-5-15-6-4-14/h11-12,15H,2-9H2,1H3,(H,16,18). The van der Waals surface area contributed by atoms with Crippen LogP contribution in [-0.2, 0) is 9.59 Å². The van der Waals surface area contributed by atoms with Crippen molar-refractivity contribution >= 4 is 11.8 Å². The van der Waals surface area contributed by atoms with E-state index in [1.54, 1.807) is 0 Å². The Labute approximate surface area is 114 Å². The molecule has 1 aliphatic carbocycles. The lowest BCUT2D eigenvalue weighted by Gasteiger charge is -2.25. The van der Waals surface area contributed by atoms with Gasteiger partial charge in [-0.1, -0.05) is 0 Å². The Hall–Kier alpha value is -1.10. The molecule has 19 heavy (non-hydrogen) atoms. The molecule has 0 aromatic rings. The predicted octanol–water partition coefficient (Wildman–Crippen LogP) is 0.113. The topological polar surface area (TPSA) is 61.4 Å². The van der Waals surface area contributed by atoms with Crippen LogP contribution < -0.4 is 10.6 Å². The van der Waals surface area contributed by atoms with Gasteiger partial charge in [-0.05, 0) is 44.2 Å². The molecule has 5 heteroatoms. The summed E-state index contributed by atoms with van der Waals surface area (Å²) >= 11 is 0. The molecule has 3 aliphatic rings. The summed E-state index contributed by atoms with van der Waals surface area (Å²) in [6.07, 6.45) is 4.26. The van der Waals surface area contributed by atoms with E-state index in [1.165, 1.54) is 6.92 Å². The number of piperidine rings is 1. The molecule has 1 saturated carbocycles. The molecule has 106 valence electrons. The largest absolute Gasteiger partial charge is 0.352 e. The van der Waals surface area contributed by atoms with Gasteiger partial charge in [0.05, 0.1) is 0 Å². The van der Waals surface area contributed by atoms with Crippen molar-refractivity contribution in [2.24, 2.45) is 11.3 Å². The van der Waals surface area contributed by atoms with Crippen molar-refractivity contribution in [1.82, 2.24) is 15.5 Å². The second-order valence-electron chi connectivity index (χ2n) is 6.34. The molecule has 2 aliphatic heterocycles. The van der Waals surface area contributed by atoms with Gasteiger partial charge in [-0.15, -0.1) is 0 Å². The van der Waals surface area contributed by atoms with Gasteiger partial charge in [0.15, 0.2) is 0 Å². The number of nitrogens with zero attached hydrogens (tertiary/aromatic N) is 1. The third-order valence-electron chi connectivity index (χ3n) is 4.99. The second-order valence-corrected chi connectivity index (χ2v) is 6.34. The normalized spacial score (nSPS) is 32.4. The fourth-order valence-electron chi connectivity index (χ4n) is 3.76. The zero-order valence-corrected chi connectivity index (χ0v) is 11.6. The van der Waals surface area contributed by atoms with Crippen LogP contribution in [0.4, 0.5) is 0 Å². The van der Waals surface area contributed by atoms with Crippen LogP contribution in [0.1, 0.15) is 32.6 Å². The summed E-state index contributed by atoms with van der Waals surface area (Å²) in [4.78, 5) is 25.5. The van der Waals surface area contributed by atoms with Crippen molar-refractivity contribution < 1.29 is 9.59 Å². The molecule has 2 saturated heterocycles. The van der Waals surface area contributed by atoms with E-state index in [0.29, 0.717) is 17.9 Å². The molecule has 3 rings (SSSR count). The monoisotopic (exact) mass is 265 g/mol. The van der Waals surface area contributed by atoms with Gasteiger partial charge in [0.2, 0.25) is 11.8 Å². The molecular formula is C14H23N3O2. The van der Waals surface area contributed by atoms with Crippen molar-refractivity contribution in [2.75, 3.05) is 26.2 Å². The third kappa shape index (κ3) is 2.48. The van der Waals surface area contributed by atoms with Crippen molar-refractivity contribution in [3.05, 3.63) is 0 Å². The first-order chi connectivity index (χ1) is 9.11. The summed E-state index contributed by atoms with van der Waals surface area (Å²) < 4.78 is 0. The SMILES string of the molecule is CC(=O)NC1CCN(C(=O)C2CC23CCNCC3)C1. The zero-order valence-electron chi connectivity index (χ0n) is 11.6. The number of hydrogen-bond acceptors (Lipinski definition) is 3. The molecule has 2 N–H and O–H groups in total. The molecule has 0 radical (unpaired) electrons. The Balaban J connectivity index is 1.53. The fourth-order valence-corrected chi connectivity index (χ4v) is 3.76. The van der Waals surface area contributed by atoms with Crippen molar-refractivity contribution in [2.45, 2.75) is 38.6 Å². The van der Waals surface area contributed by atoms with Gasteiger partial charge in [0.1, 0.15) is 0 Å². The number of likely N-dealkylation sites (tertiary alicyclic amines) is 1. The van der Waals surface area contributed by atoms with Gasteiger partial charge >= 0.3 is 0 Å². The molecule has 0 bridgehead atoms. The Kier molecular flexibility index (Phi) is 3.25. The Bertz CT molecular complexity index is 390. The van der Waals surface area contributed by atoms with Crippen molar-refractivity contribution in [3.8, 4) is 0 Å². The maximum Gasteiger partial charge on any atom is 0.226 e. The number of nitrogens with one attached hydrogen (secondary N) is 2. The van der Waals surface area contributed by atoms with Gasteiger partial charge in [-0.2, -0.15) is 0 Å². The lowest BCUT2D eigenvalue weighted by atomic mass is 9.91. The number of carbonyl (C=O) groups is 2. The highest BCUT2D eigenvalue weighted by atomic mass is 16.2. The van der Waals surface area contributed by atoms with Crippen LogP contribution >= 0.6 is 0 Å². The summed E-state index contributed by atoms with van der Waals surface area (Å²) in [5, 5.41) is 6.28. The molecule has 2 unspecified atom stereocenters. The minimum absolute atomic E-state index is 0.000506. The third-order valence-corrected chi connectivity index (χ3v) is 4.99. The van der Waals surface area contributed by atoms with E-state index in [-0.39, 0.29) is 17.9 Å². The Morgan fingerprint density at radius 3 is 2.74 bits per heavy atom. The van der Waals surface area contributed by atoms with Crippen LogP contribution in [0.2, 0.25) is 0 Å². The zero-order chi connectivity index (χ0) is 13.5. The molecule has 2 amide bonds. The summed E-state index contributed by atoms with van der Waals surface area (Å²) in [6, 6.07) is 0.157. The highest BCUT2D eigenvalue weighted by Gasteiger charge is 2.58. The average Bonchev–Trinajstić information content (AvgIpc) is 2.85. The van der Waals surface area contributed by atoms with Gasteiger partial charge in [0, 0.05) is 32.0 Å². The summed E-state index contributed by atoms with van der Waals surface area (Å²) in [7, 11) is 0. The molecule has 0 aromatic carbocycles. The van der Waals surface area contributed by atoms with E-state index in [4.69, 9.17) is 0 Å². The van der Waals surface area contributed by atoms with Gasteiger partial charge in [-0.3, -0.25) is 9.59 Å². The maximum absolute atomic E-state index is 12.5. The van der Waals surface area contributed by atoms with Gasteiger partial charge in [0.25, 0.3) is 0 Å². The van der Waals surface area contributed by atoms with Crippen LogP contribution in [-0.4, -0.2) is 48.9 Å².